The molecule has 0 unspecified atom stereocenters. The first-order chi connectivity index (χ1) is 22.5. The van der Waals surface area contributed by atoms with Crippen LogP contribution in [0, 0.1) is 0 Å². The fraction of sp³-hybridized carbons (Fsp3) is 0.270. The van der Waals surface area contributed by atoms with Gasteiger partial charge in [0.2, 0.25) is 0 Å². The molecule has 5 rings (SSSR count). The number of carboxylic acids is 3. The molecule has 1 aliphatic rings. The minimum Gasteiger partial charge on any atom is -0.507 e. The number of carbonyl (C=O) groups is 3. The lowest BCUT2D eigenvalue weighted by Gasteiger charge is -2.21. The van der Waals surface area contributed by atoms with Gasteiger partial charge in [-0.2, -0.15) is 0 Å². The first kappa shape index (κ1) is 32.9. The third-order valence-electron chi connectivity index (χ3n) is 8.12. The van der Waals surface area contributed by atoms with Crippen molar-refractivity contribution in [2.24, 2.45) is 0 Å². The average Bonchev–Trinajstić information content (AvgIpc) is 3.02. The monoisotopic (exact) mass is 640 g/mol. The first-order valence-electron chi connectivity index (χ1n) is 15.4. The molecule has 5 N–H and O–H groups in total. The number of fused-ring (bicyclic) bond motifs is 8. The second-order valence-corrected chi connectivity index (χ2v) is 11.6. The lowest BCUT2D eigenvalue weighted by Crippen LogP contribution is -2.10. The largest absolute Gasteiger partial charge is 0.507 e. The maximum Gasteiger partial charge on any atom is 0.335 e. The minimum absolute atomic E-state index is 0.0269. The Labute approximate surface area is 271 Å². The Bertz CT molecular complexity index is 1750. The third kappa shape index (κ3) is 7.01. The Morgan fingerprint density at radius 3 is 1.15 bits per heavy atom. The Kier molecular flexibility index (Phi) is 9.70. The number of phenols is 2. The van der Waals surface area contributed by atoms with Gasteiger partial charge in [0.05, 0.1) is 29.9 Å². The van der Waals surface area contributed by atoms with Gasteiger partial charge in [0.15, 0.2) is 0 Å². The number of para-hydroxylation sites is 1. The van der Waals surface area contributed by atoms with Crippen LogP contribution in [0.2, 0.25) is 0 Å². The Morgan fingerprint density at radius 2 is 0.830 bits per heavy atom. The van der Waals surface area contributed by atoms with Crippen molar-refractivity contribution in [1.82, 2.24) is 0 Å². The highest BCUT2D eigenvalue weighted by Gasteiger charge is 2.24. The van der Waals surface area contributed by atoms with Crippen molar-refractivity contribution in [2.75, 3.05) is 13.2 Å². The van der Waals surface area contributed by atoms with E-state index >= 15 is 0 Å². The molecule has 10 nitrogen and oxygen atoms in total. The van der Waals surface area contributed by atoms with Gasteiger partial charge in [-0.05, 0) is 93.7 Å². The van der Waals surface area contributed by atoms with E-state index in [9.17, 15) is 39.9 Å². The zero-order chi connectivity index (χ0) is 33.8. The molecular weight excluding hydrogens is 604 g/mol. The Balaban J connectivity index is 1.85. The number of hydrogen-bond donors (Lipinski definition) is 5. The van der Waals surface area contributed by atoms with Gasteiger partial charge >= 0.3 is 17.9 Å². The number of aromatic carboxylic acids is 3. The smallest absolute Gasteiger partial charge is 0.335 e. The van der Waals surface area contributed by atoms with Crippen molar-refractivity contribution in [1.29, 1.82) is 0 Å². The molecule has 8 bridgehead atoms. The van der Waals surface area contributed by atoms with Gasteiger partial charge in [-0.3, -0.25) is 0 Å². The number of carboxylic acid groups (broad SMARTS) is 3. The molecule has 4 aromatic rings. The summed E-state index contributed by atoms with van der Waals surface area (Å²) in [6, 6.07) is 13.8. The van der Waals surface area contributed by atoms with Crippen molar-refractivity contribution in [2.45, 2.75) is 52.4 Å². The van der Waals surface area contributed by atoms with Crippen LogP contribution < -0.4 is 9.47 Å². The van der Waals surface area contributed by atoms with Gasteiger partial charge in [0, 0.05) is 25.7 Å². The predicted molar refractivity (Wildman–Crippen MR) is 173 cm³/mol. The van der Waals surface area contributed by atoms with Crippen LogP contribution in [-0.4, -0.2) is 56.7 Å². The van der Waals surface area contributed by atoms with Crippen LogP contribution in [0.3, 0.4) is 0 Å². The first-order valence-corrected chi connectivity index (χ1v) is 15.4. The molecule has 0 saturated heterocycles. The summed E-state index contributed by atoms with van der Waals surface area (Å²) in [5, 5.41) is 53.2. The third-order valence-corrected chi connectivity index (χ3v) is 8.12. The number of aromatic hydroxyl groups is 2. The highest BCUT2D eigenvalue weighted by molar-refractivity contribution is 5.90. The van der Waals surface area contributed by atoms with Crippen molar-refractivity contribution in [3.8, 4) is 23.0 Å². The quantitative estimate of drug-likeness (QED) is 0.121. The summed E-state index contributed by atoms with van der Waals surface area (Å²) in [5.41, 5.74) is 3.08. The second kappa shape index (κ2) is 13.9. The van der Waals surface area contributed by atoms with Crippen LogP contribution in [0.4, 0.5) is 0 Å². The van der Waals surface area contributed by atoms with E-state index in [4.69, 9.17) is 9.47 Å². The van der Waals surface area contributed by atoms with E-state index in [0.29, 0.717) is 70.9 Å². The van der Waals surface area contributed by atoms with Gasteiger partial charge in [0.25, 0.3) is 0 Å². The molecular formula is C37H36O10. The molecule has 4 aromatic carbocycles. The van der Waals surface area contributed by atoms with Crippen LogP contribution >= 0.6 is 0 Å². The fourth-order valence-electron chi connectivity index (χ4n) is 5.96. The van der Waals surface area contributed by atoms with Gasteiger partial charge in [-0.1, -0.05) is 32.0 Å². The molecule has 0 aliphatic heterocycles. The summed E-state index contributed by atoms with van der Waals surface area (Å²) >= 11 is 0. The summed E-state index contributed by atoms with van der Waals surface area (Å²) in [6.07, 6.45) is 1.36. The number of benzene rings is 4. The van der Waals surface area contributed by atoms with E-state index in [1.54, 1.807) is 18.2 Å². The second-order valence-electron chi connectivity index (χ2n) is 11.6. The van der Waals surface area contributed by atoms with Crippen molar-refractivity contribution < 1.29 is 49.4 Å². The maximum absolute atomic E-state index is 12.3. The van der Waals surface area contributed by atoms with Gasteiger partial charge < -0.3 is 35.0 Å². The van der Waals surface area contributed by atoms with E-state index in [0.717, 1.165) is 0 Å². The summed E-state index contributed by atoms with van der Waals surface area (Å²) in [4.78, 5) is 36.8. The van der Waals surface area contributed by atoms with Crippen LogP contribution in [0.15, 0.2) is 54.6 Å². The minimum atomic E-state index is -1.24. The SMILES string of the molecule is CCCOc1c2cc(C(=O)O)cc1Cc1cc(C(=O)O)cc(c1O)Cc1cc(C(=O)O)cc(c1OCCC)Cc1cccc(c1O)C2. The summed E-state index contributed by atoms with van der Waals surface area (Å²) in [5.74, 6) is -3.06. The zero-order valence-electron chi connectivity index (χ0n) is 26.1. The van der Waals surface area contributed by atoms with E-state index < -0.39 is 17.9 Å². The van der Waals surface area contributed by atoms with E-state index in [1.165, 1.54) is 36.4 Å². The molecule has 0 heterocycles. The number of hydrogen-bond acceptors (Lipinski definition) is 7. The molecule has 0 saturated carbocycles. The lowest BCUT2D eigenvalue weighted by atomic mass is 9.89. The molecule has 0 fully saturated rings. The Morgan fingerprint density at radius 1 is 0.532 bits per heavy atom. The van der Waals surface area contributed by atoms with E-state index in [1.807, 2.05) is 13.8 Å². The predicted octanol–water partition coefficient (Wildman–Crippen LogP) is 6.45. The molecule has 47 heavy (non-hydrogen) atoms. The molecule has 0 amide bonds. The standard InChI is InChI=1S/C37H36O10/c1-3-8-46-33-24-10-20-6-5-7-21(31(20)38)11-25-17-30(37(44)45)19-27(34(25)47-9-4-2)13-23-15-28(35(40)41)14-22(32(23)39)12-26(33)18-29(16-24)36(42)43/h5-7,14-19,38-39H,3-4,8-13H2,1-2H3,(H,40,41)(H,42,43)(H,44,45). The van der Waals surface area contributed by atoms with E-state index in [-0.39, 0.29) is 65.0 Å². The highest BCUT2D eigenvalue weighted by atomic mass is 16.5. The summed E-state index contributed by atoms with van der Waals surface area (Å²) in [6.45, 7) is 4.48. The van der Waals surface area contributed by atoms with Crippen LogP contribution in [-0.2, 0) is 25.7 Å². The zero-order valence-corrected chi connectivity index (χ0v) is 26.1. The van der Waals surface area contributed by atoms with Crippen molar-refractivity contribution in [3.05, 3.63) is 116 Å². The normalized spacial score (nSPS) is 12.3. The van der Waals surface area contributed by atoms with Crippen LogP contribution in [0.1, 0.15) is 102 Å². The van der Waals surface area contributed by atoms with Gasteiger partial charge in [0.1, 0.15) is 23.0 Å². The molecule has 1 aliphatic carbocycles. The number of ether oxygens (including phenoxy) is 2. The molecule has 0 aromatic heterocycles. The fourth-order valence-corrected chi connectivity index (χ4v) is 5.96. The van der Waals surface area contributed by atoms with Gasteiger partial charge in [-0.25, -0.2) is 14.4 Å². The van der Waals surface area contributed by atoms with Gasteiger partial charge in [-0.15, -0.1) is 0 Å². The van der Waals surface area contributed by atoms with Crippen LogP contribution in [0.25, 0.3) is 0 Å². The average molecular weight is 641 g/mol. The number of rotatable bonds is 9. The molecule has 244 valence electrons. The Hall–Kier alpha value is -5.51. The maximum atomic E-state index is 12.3. The van der Waals surface area contributed by atoms with E-state index in [2.05, 4.69) is 0 Å². The van der Waals surface area contributed by atoms with Crippen molar-refractivity contribution in [3.63, 3.8) is 0 Å². The highest BCUT2D eigenvalue weighted by Crippen LogP contribution is 2.39. The van der Waals surface area contributed by atoms with Crippen LogP contribution in [0.5, 0.6) is 23.0 Å². The molecule has 0 atom stereocenters. The topological polar surface area (TPSA) is 171 Å². The van der Waals surface area contributed by atoms with Crippen molar-refractivity contribution >= 4 is 17.9 Å². The lowest BCUT2D eigenvalue weighted by molar-refractivity contribution is 0.0685. The number of phenolic OH excluding ortho intramolecular Hbond substituents is 2. The summed E-state index contributed by atoms with van der Waals surface area (Å²) in [7, 11) is 0. The molecule has 0 radical (unpaired) electrons. The summed E-state index contributed by atoms with van der Waals surface area (Å²) < 4.78 is 12.4. The molecule has 0 spiro atoms. The molecule has 10 heteroatoms.